The molecule has 0 saturated carbocycles. The average molecular weight is 240 g/mol. The fourth-order valence-corrected chi connectivity index (χ4v) is 1.49. The van der Waals surface area contributed by atoms with Crippen molar-refractivity contribution in [3.8, 4) is 0 Å². The zero-order chi connectivity index (χ0) is 12.6. The van der Waals surface area contributed by atoms with Gasteiger partial charge in [-0.1, -0.05) is 6.07 Å². The van der Waals surface area contributed by atoms with Gasteiger partial charge in [0, 0.05) is 11.8 Å². The molecule has 0 aliphatic carbocycles. The van der Waals surface area contributed by atoms with Gasteiger partial charge >= 0.3 is 0 Å². The largest absolute Gasteiger partial charge is 0.364 e. The molecule has 0 saturated heterocycles. The maximum atomic E-state index is 12.4. The molecule has 0 unspecified atom stereocenters. The van der Waals surface area contributed by atoms with Crippen LogP contribution in [0.1, 0.15) is 10.5 Å². The first-order valence-corrected chi connectivity index (χ1v) is 4.81. The molecular weight excluding hydrogens is 230 g/mol. The minimum Gasteiger partial charge on any atom is -0.364 e. The van der Waals surface area contributed by atoms with E-state index in [2.05, 4.69) is 4.98 Å². The highest BCUT2D eigenvalue weighted by molar-refractivity contribution is 5.91. The smallest absolute Gasteiger partial charge is 0.267 e. The number of hydrogen-bond acceptors (Lipinski definition) is 4. The van der Waals surface area contributed by atoms with Crippen molar-refractivity contribution in [1.82, 2.24) is 4.98 Å². The van der Waals surface area contributed by atoms with Crippen molar-refractivity contribution >= 4 is 11.7 Å². The average Bonchev–Trinajstić information content (AvgIpc) is 2.27. The Balaban J connectivity index is 2.26. The molecular formula is C10H10F2N4O. The second-order valence-corrected chi connectivity index (χ2v) is 3.53. The molecule has 0 fully saturated rings. The highest BCUT2D eigenvalue weighted by Crippen LogP contribution is 2.29. The van der Waals surface area contributed by atoms with Gasteiger partial charge in [-0.15, -0.1) is 0 Å². The lowest BCUT2D eigenvalue weighted by molar-refractivity contribution is 0.0995. The monoisotopic (exact) mass is 240 g/mol. The normalized spacial score (nSPS) is 18.9. The first kappa shape index (κ1) is 11.5. The summed E-state index contributed by atoms with van der Waals surface area (Å²) in [4.78, 5) is 16.2. The van der Waals surface area contributed by atoms with Gasteiger partial charge in [-0.3, -0.25) is 4.79 Å². The number of rotatable bonds is 3. The SMILES string of the molecule is NC(=O)c1cccc(N2C=C(C(F)F)[C@@H]2N)n1. The van der Waals surface area contributed by atoms with Crippen molar-refractivity contribution < 1.29 is 13.6 Å². The van der Waals surface area contributed by atoms with Crippen LogP contribution in [-0.4, -0.2) is 23.5 Å². The summed E-state index contributed by atoms with van der Waals surface area (Å²) >= 11 is 0. The van der Waals surface area contributed by atoms with Crippen LogP contribution in [0.25, 0.3) is 0 Å². The number of nitrogens with zero attached hydrogens (tertiary/aromatic N) is 2. The summed E-state index contributed by atoms with van der Waals surface area (Å²) in [5, 5.41) is 0. The molecule has 1 aliphatic rings. The molecule has 2 heterocycles. The molecule has 2 rings (SSSR count). The third-order valence-electron chi connectivity index (χ3n) is 2.43. The highest BCUT2D eigenvalue weighted by atomic mass is 19.3. The van der Waals surface area contributed by atoms with Crippen molar-refractivity contribution in [2.45, 2.75) is 12.6 Å². The molecule has 0 radical (unpaired) electrons. The highest BCUT2D eigenvalue weighted by Gasteiger charge is 2.33. The standard InChI is InChI=1S/C10H10F2N4O/c11-8(12)5-4-16(9(5)13)7-3-1-2-6(15-7)10(14)17/h1-4,8-9H,13H2,(H2,14,17)/t9-/m1/s1. The summed E-state index contributed by atoms with van der Waals surface area (Å²) in [5.74, 6) is -0.364. The van der Waals surface area contributed by atoms with Crippen LogP contribution in [0.3, 0.4) is 0 Å². The first-order valence-electron chi connectivity index (χ1n) is 4.81. The van der Waals surface area contributed by atoms with Gasteiger partial charge < -0.3 is 16.4 Å². The van der Waals surface area contributed by atoms with E-state index >= 15 is 0 Å². The molecule has 17 heavy (non-hydrogen) atoms. The van der Waals surface area contributed by atoms with Crippen LogP contribution < -0.4 is 16.4 Å². The number of halogens is 2. The van der Waals surface area contributed by atoms with Gasteiger partial charge in [-0.05, 0) is 12.1 Å². The van der Waals surface area contributed by atoms with E-state index in [1.54, 1.807) is 12.1 Å². The predicted molar refractivity (Wildman–Crippen MR) is 57.3 cm³/mol. The number of nitrogens with two attached hydrogens (primary N) is 2. The van der Waals surface area contributed by atoms with E-state index in [9.17, 15) is 13.6 Å². The first-order chi connectivity index (χ1) is 8.00. The zero-order valence-corrected chi connectivity index (χ0v) is 8.68. The summed E-state index contributed by atoms with van der Waals surface area (Å²) in [5.41, 5.74) is 10.5. The van der Waals surface area contributed by atoms with E-state index in [1.807, 2.05) is 0 Å². The van der Waals surface area contributed by atoms with Crippen molar-refractivity contribution in [3.05, 3.63) is 35.7 Å². The van der Waals surface area contributed by atoms with Crippen molar-refractivity contribution in [2.24, 2.45) is 11.5 Å². The third kappa shape index (κ3) is 1.96. The molecule has 1 atom stereocenters. The number of alkyl halides is 2. The number of carbonyl (C=O) groups is 1. The molecule has 5 nitrogen and oxygen atoms in total. The van der Waals surface area contributed by atoms with Crippen LogP contribution in [0.15, 0.2) is 30.0 Å². The van der Waals surface area contributed by atoms with E-state index < -0.39 is 18.5 Å². The number of carbonyl (C=O) groups excluding carboxylic acids is 1. The lowest BCUT2D eigenvalue weighted by Gasteiger charge is -2.37. The summed E-state index contributed by atoms with van der Waals surface area (Å²) in [6, 6.07) is 4.56. The number of pyridine rings is 1. The number of hydrogen-bond donors (Lipinski definition) is 2. The summed E-state index contributed by atoms with van der Waals surface area (Å²) < 4.78 is 24.7. The lowest BCUT2D eigenvalue weighted by atomic mass is 10.1. The second-order valence-electron chi connectivity index (χ2n) is 3.53. The Morgan fingerprint density at radius 1 is 1.47 bits per heavy atom. The van der Waals surface area contributed by atoms with Gasteiger partial charge in [0.1, 0.15) is 17.7 Å². The molecule has 0 bridgehead atoms. The summed E-state index contributed by atoms with van der Waals surface area (Å²) in [7, 11) is 0. The van der Waals surface area contributed by atoms with Gasteiger partial charge in [0.15, 0.2) is 0 Å². The third-order valence-corrected chi connectivity index (χ3v) is 2.43. The van der Waals surface area contributed by atoms with Gasteiger partial charge in [-0.2, -0.15) is 0 Å². The molecule has 7 heteroatoms. The second kappa shape index (κ2) is 4.10. The maximum Gasteiger partial charge on any atom is 0.267 e. The minimum absolute atomic E-state index is 0.0635. The van der Waals surface area contributed by atoms with Crippen LogP contribution in [0, 0.1) is 0 Å². The van der Waals surface area contributed by atoms with Gasteiger partial charge in [0.2, 0.25) is 0 Å². The molecule has 4 N–H and O–H groups in total. The molecule has 1 amide bonds. The fourth-order valence-electron chi connectivity index (χ4n) is 1.49. The van der Waals surface area contributed by atoms with Crippen molar-refractivity contribution in [2.75, 3.05) is 4.90 Å². The maximum absolute atomic E-state index is 12.4. The molecule has 1 aromatic heterocycles. The minimum atomic E-state index is -2.58. The van der Waals surface area contributed by atoms with Crippen LogP contribution in [0.5, 0.6) is 0 Å². The van der Waals surface area contributed by atoms with Crippen molar-refractivity contribution in [3.63, 3.8) is 0 Å². The topological polar surface area (TPSA) is 85.2 Å². The Bertz CT molecular complexity index is 489. The van der Waals surface area contributed by atoms with Crippen LogP contribution >= 0.6 is 0 Å². The Labute approximate surface area is 95.7 Å². The molecule has 1 aliphatic heterocycles. The summed E-state index contributed by atoms with van der Waals surface area (Å²) in [6.07, 6.45) is -2.28. The van der Waals surface area contributed by atoms with Crippen LogP contribution in [0.2, 0.25) is 0 Å². The molecule has 0 aromatic carbocycles. The number of aromatic nitrogens is 1. The molecule has 90 valence electrons. The Kier molecular flexibility index (Phi) is 2.76. The van der Waals surface area contributed by atoms with E-state index in [1.165, 1.54) is 17.2 Å². The lowest BCUT2D eigenvalue weighted by Crippen LogP contribution is -2.50. The fraction of sp³-hybridized carbons (Fsp3) is 0.200. The van der Waals surface area contributed by atoms with Crippen molar-refractivity contribution in [1.29, 1.82) is 0 Å². The van der Waals surface area contributed by atoms with E-state index in [0.29, 0.717) is 5.82 Å². The molecule has 1 aromatic rings. The van der Waals surface area contributed by atoms with E-state index in [-0.39, 0.29) is 11.3 Å². The number of primary amides is 1. The van der Waals surface area contributed by atoms with E-state index in [4.69, 9.17) is 11.5 Å². The molecule has 0 spiro atoms. The van der Waals surface area contributed by atoms with Gasteiger partial charge in [0.25, 0.3) is 12.3 Å². The van der Waals surface area contributed by atoms with E-state index in [0.717, 1.165) is 0 Å². The van der Waals surface area contributed by atoms with Crippen LogP contribution in [0.4, 0.5) is 14.6 Å². The summed E-state index contributed by atoms with van der Waals surface area (Å²) in [6.45, 7) is 0. The Hall–Kier alpha value is -2.02. The van der Waals surface area contributed by atoms with Crippen LogP contribution in [-0.2, 0) is 0 Å². The number of amides is 1. The van der Waals surface area contributed by atoms with Gasteiger partial charge in [-0.25, -0.2) is 13.8 Å². The Morgan fingerprint density at radius 2 is 2.18 bits per heavy atom. The Morgan fingerprint density at radius 3 is 2.71 bits per heavy atom. The zero-order valence-electron chi connectivity index (χ0n) is 8.68. The van der Waals surface area contributed by atoms with Gasteiger partial charge in [0.05, 0.1) is 0 Å². The quantitative estimate of drug-likeness (QED) is 0.802. The number of anilines is 1. The predicted octanol–water partition coefficient (Wildman–Crippen LogP) is 0.434.